The van der Waals surface area contributed by atoms with Crippen molar-refractivity contribution >= 4 is 17.1 Å². The van der Waals surface area contributed by atoms with E-state index >= 15 is 0 Å². The Labute approximate surface area is 187 Å². The number of esters is 1. The van der Waals surface area contributed by atoms with Crippen LogP contribution >= 0.6 is 0 Å². The minimum atomic E-state index is -0.668. The Hall–Kier alpha value is -2.98. The van der Waals surface area contributed by atoms with Gasteiger partial charge in [-0.1, -0.05) is 61.4 Å². The molecule has 1 spiro atoms. The van der Waals surface area contributed by atoms with Crippen molar-refractivity contribution in [1.82, 2.24) is 0 Å². The third kappa shape index (κ3) is 3.84. The highest BCUT2D eigenvalue weighted by molar-refractivity contribution is 5.96. The van der Waals surface area contributed by atoms with E-state index in [1.165, 1.54) is 28.8 Å². The van der Waals surface area contributed by atoms with Gasteiger partial charge in [0.05, 0.1) is 12.5 Å². The van der Waals surface area contributed by atoms with Crippen LogP contribution in [-0.2, 0) is 9.53 Å². The molecular formula is C28H27FO3. The molecule has 0 amide bonds. The summed E-state index contributed by atoms with van der Waals surface area (Å²) in [4.78, 5) is 11.8. The normalized spacial score (nSPS) is 24.9. The Morgan fingerprint density at radius 2 is 1.72 bits per heavy atom. The number of cyclic esters (lactones) is 1. The van der Waals surface area contributed by atoms with Crippen molar-refractivity contribution in [3.63, 3.8) is 0 Å². The van der Waals surface area contributed by atoms with Gasteiger partial charge in [0, 0.05) is 11.8 Å². The molecule has 32 heavy (non-hydrogen) atoms. The van der Waals surface area contributed by atoms with Crippen LogP contribution in [0.2, 0.25) is 0 Å². The number of carbonyl (C=O) groups excluding carboxylic acids is 1. The quantitative estimate of drug-likeness (QED) is 0.618. The van der Waals surface area contributed by atoms with Crippen molar-refractivity contribution in [1.29, 1.82) is 0 Å². The first-order valence-electron chi connectivity index (χ1n) is 11.4. The topological polar surface area (TPSA) is 46.5 Å². The second-order valence-corrected chi connectivity index (χ2v) is 9.03. The standard InChI is InChI=1S/C28H27FO3/c29-21-10-8-19(9-11-21)24-18-26(20-6-2-1-3-7-20)28(14-4-5-15-28)25(24)13-12-23-16-22(30)17-27(31)32-23/h1-3,6-13,18,22-23,30H,4-5,14-17H2. The maximum absolute atomic E-state index is 13.7. The SMILES string of the molecule is O=C1CC(O)CC(C=CC2=C(c3ccc(F)cc3)C=C(c3ccccc3)C23CCCC3)O1. The first-order chi connectivity index (χ1) is 15.5. The van der Waals surface area contributed by atoms with Gasteiger partial charge >= 0.3 is 5.97 Å². The van der Waals surface area contributed by atoms with Crippen LogP contribution in [0.1, 0.15) is 49.7 Å². The zero-order valence-electron chi connectivity index (χ0n) is 18.0. The molecule has 0 aromatic heterocycles. The monoisotopic (exact) mass is 430 g/mol. The molecule has 1 saturated heterocycles. The van der Waals surface area contributed by atoms with Gasteiger partial charge in [-0.3, -0.25) is 4.79 Å². The fourth-order valence-corrected chi connectivity index (χ4v) is 5.51. The molecular weight excluding hydrogens is 403 g/mol. The van der Waals surface area contributed by atoms with Gasteiger partial charge in [-0.2, -0.15) is 0 Å². The van der Waals surface area contributed by atoms with E-state index in [-0.39, 0.29) is 23.6 Å². The van der Waals surface area contributed by atoms with Crippen molar-refractivity contribution in [2.75, 3.05) is 0 Å². The maximum Gasteiger partial charge on any atom is 0.309 e. The molecule has 2 unspecified atom stereocenters. The van der Waals surface area contributed by atoms with Gasteiger partial charge < -0.3 is 9.84 Å². The van der Waals surface area contributed by atoms with E-state index in [0.717, 1.165) is 36.8 Å². The van der Waals surface area contributed by atoms with Gasteiger partial charge in [0.1, 0.15) is 11.9 Å². The average molecular weight is 431 g/mol. The Morgan fingerprint density at radius 3 is 2.41 bits per heavy atom. The van der Waals surface area contributed by atoms with Crippen LogP contribution in [0.4, 0.5) is 4.39 Å². The van der Waals surface area contributed by atoms with Crippen LogP contribution in [0, 0.1) is 11.2 Å². The van der Waals surface area contributed by atoms with Crippen LogP contribution in [0.15, 0.2) is 78.4 Å². The number of carbonyl (C=O) groups is 1. The Morgan fingerprint density at radius 1 is 1.00 bits per heavy atom. The minimum Gasteiger partial charge on any atom is -0.458 e. The van der Waals surface area contributed by atoms with E-state index in [9.17, 15) is 14.3 Å². The molecule has 2 fully saturated rings. The number of halogens is 1. The first kappa shape index (κ1) is 20.9. The number of aliphatic hydroxyl groups excluding tert-OH is 1. The second-order valence-electron chi connectivity index (χ2n) is 9.03. The predicted molar refractivity (Wildman–Crippen MR) is 123 cm³/mol. The van der Waals surface area contributed by atoms with Gasteiger partial charge in [0.2, 0.25) is 0 Å². The molecule has 2 aromatic rings. The lowest BCUT2D eigenvalue weighted by Crippen LogP contribution is -2.31. The summed E-state index contributed by atoms with van der Waals surface area (Å²) in [5.41, 5.74) is 5.65. The number of rotatable bonds is 4. The van der Waals surface area contributed by atoms with Crippen LogP contribution in [0.3, 0.4) is 0 Å². The molecule has 2 aliphatic carbocycles. The molecule has 2 atom stereocenters. The summed E-state index contributed by atoms with van der Waals surface area (Å²) >= 11 is 0. The zero-order valence-corrected chi connectivity index (χ0v) is 18.0. The summed E-state index contributed by atoms with van der Waals surface area (Å²) in [7, 11) is 0. The smallest absolute Gasteiger partial charge is 0.309 e. The highest BCUT2D eigenvalue weighted by Gasteiger charge is 2.45. The largest absolute Gasteiger partial charge is 0.458 e. The molecule has 2 aromatic carbocycles. The highest BCUT2D eigenvalue weighted by atomic mass is 19.1. The van der Waals surface area contributed by atoms with Crippen molar-refractivity contribution in [3.8, 4) is 0 Å². The summed E-state index contributed by atoms with van der Waals surface area (Å²) in [5.74, 6) is -0.619. The van der Waals surface area contributed by atoms with E-state index in [0.29, 0.717) is 6.42 Å². The van der Waals surface area contributed by atoms with Crippen molar-refractivity contribution in [2.45, 2.75) is 50.7 Å². The molecule has 1 saturated carbocycles. The van der Waals surface area contributed by atoms with Gasteiger partial charge in [-0.25, -0.2) is 4.39 Å². The number of hydrogen-bond acceptors (Lipinski definition) is 3. The fraction of sp³-hybridized carbons (Fsp3) is 0.321. The van der Waals surface area contributed by atoms with Crippen molar-refractivity contribution in [3.05, 3.63) is 95.3 Å². The molecule has 164 valence electrons. The molecule has 1 N–H and O–H groups in total. The summed E-state index contributed by atoms with van der Waals surface area (Å²) in [6.45, 7) is 0. The Balaban J connectivity index is 1.61. The second kappa shape index (κ2) is 8.51. The fourth-order valence-electron chi connectivity index (χ4n) is 5.51. The Bertz CT molecular complexity index is 1090. The maximum atomic E-state index is 13.7. The lowest BCUT2D eigenvalue weighted by molar-refractivity contribution is -0.156. The molecule has 4 heteroatoms. The first-order valence-corrected chi connectivity index (χ1v) is 11.4. The third-order valence-corrected chi connectivity index (χ3v) is 6.97. The number of hydrogen-bond donors (Lipinski definition) is 1. The third-order valence-electron chi connectivity index (χ3n) is 6.97. The molecule has 1 aliphatic heterocycles. The van der Waals surface area contributed by atoms with Crippen molar-refractivity contribution in [2.24, 2.45) is 5.41 Å². The lowest BCUT2D eigenvalue weighted by Gasteiger charge is -2.31. The van der Waals surface area contributed by atoms with Crippen LogP contribution in [-0.4, -0.2) is 23.3 Å². The van der Waals surface area contributed by atoms with Crippen LogP contribution in [0.25, 0.3) is 11.1 Å². The van der Waals surface area contributed by atoms with Gasteiger partial charge in [-0.05, 0) is 65.0 Å². The zero-order chi connectivity index (χ0) is 22.1. The van der Waals surface area contributed by atoms with E-state index in [2.05, 4.69) is 36.4 Å². The van der Waals surface area contributed by atoms with E-state index in [4.69, 9.17) is 4.74 Å². The predicted octanol–water partition coefficient (Wildman–Crippen LogP) is 5.86. The van der Waals surface area contributed by atoms with Crippen molar-refractivity contribution < 1.29 is 19.0 Å². The summed E-state index contributed by atoms with van der Waals surface area (Å²) in [6, 6.07) is 17.1. The number of ether oxygens (including phenoxy) is 1. The molecule has 3 nitrogen and oxygen atoms in total. The average Bonchev–Trinajstić information content (AvgIpc) is 3.39. The van der Waals surface area contributed by atoms with E-state index in [1.54, 1.807) is 0 Å². The Kier molecular flexibility index (Phi) is 5.56. The molecule has 0 radical (unpaired) electrons. The lowest BCUT2D eigenvalue weighted by atomic mass is 9.72. The summed E-state index contributed by atoms with van der Waals surface area (Å²) < 4.78 is 19.1. The summed E-state index contributed by atoms with van der Waals surface area (Å²) in [5, 5.41) is 10.0. The van der Waals surface area contributed by atoms with Crippen LogP contribution in [0.5, 0.6) is 0 Å². The van der Waals surface area contributed by atoms with E-state index < -0.39 is 12.2 Å². The van der Waals surface area contributed by atoms with Gasteiger partial charge in [-0.15, -0.1) is 0 Å². The molecule has 1 heterocycles. The summed E-state index contributed by atoms with van der Waals surface area (Å²) in [6.07, 6.45) is 10.0. The molecule has 0 bridgehead atoms. The number of allylic oxidation sites excluding steroid dienone is 5. The number of aliphatic hydroxyl groups is 1. The highest BCUT2D eigenvalue weighted by Crippen LogP contribution is 2.59. The molecule has 3 aliphatic rings. The van der Waals surface area contributed by atoms with Gasteiger partial charge in [0.15, 0.2) is 0 Å². The number of benzene rings is 2. The van der Waals surface area contributed by atoms with E-state index in [1.807, 2.05) is 24.3 Å². The van der Waals surface area contributed by atoms with Gasteiger partial charge in [0.25, 0.3) is 0 Å². The van der Waals surface area contributed by atoms with Crippen LogP contribution < -0.4 is 0 Å². The minimum absolute atomic E-state index is 0.0531. The molecule has 5 rings (SSSR count).